The number of rotatable bonds is 7. The van der Waals surface area contributed by atoms with E-state index in [0.29, 0.717) is 21.2 Å². The van der Waals surface area contributed by atoms with E-state index in [1.165, 1.54) is 5.82 Å². The highest BCUT2D eigenvalue weighted by Gasteiger charge is 2.19. The van der Waals surface area contributed by atoms with Crippen molar-refractivity contribution in [2.24, 2.45) is 0 Å². The molecule has 1 aromatic rings. The lowest BCUT2D eigenvalue weighted by Crippen LogP contribution is -1.93. The molecule has 0 heterocycles. The smallest absolute Gasteiger partial charge is 0.354 e. The Labute approximate surface area is 128 Å². The summed E-state index contributed by atoms with van der Waals surface area (Å²) < 4.78 is 22.6. The minimum Gasteiger partial charge on any atom is -0.392 e. The second kappa shape index (κ2) is 8.18. The minimum absolute atomic E-state index is 0.204. The first-order valence-electron chi connectivity index (χ1n) is 6.12. The second-order valence-corrected chi connectivity index (χ2v) is 6.52. The van der Waals surface area contributed by atoms with Gasteiger partial charge in [0.25, 0.3) is 0 Å². The summed E-state index contributed by atoms with van der Waals surface area (Å²) in [5, 5.41) is 10.0. The molecule has 4 nitrogen and oxygen atoms in total. The lowest BCUT2D eigenvalue weighted by atomic mass is 10.1. The Morgan fingerprint density at radius 1 is 1.20 bits per heavy atom. The predicted octanol–water partition coefficient (Wildman–Crippen LogP) is 4.72. The number of aliphatic hydroxyl groups is 1. The molecule has 0 aliphatic rings. The Hall–Kier alpha value is -0.350. The van der Waals surface area contributed by atoms with Gasteiger partial charge in [-0.3, -0.25) is 4.57 Å². The van der Waals surface area contributed by atoms with Crippen LogP contribution in [0.3, 0.4) is 0 Å². The zero-order valence-electron chi connectivity index (χ0n) is 11.3. The summed E-state index contributed by atoms with van der Waals surface area (Å²) in [6.45, 7) is 3.81. The van der Waals surface area contributed by atoms with Crippen LogP contribution in [0.2, 0.25) is 10.0 Å². The molecule has 1 rings (SSSR count). The Morgan fingerprint density at radius 2 is 1.75 bits per heavy atom. The lowest BCUT2D eigenvalue weighted by Gasteiger charge is -2.13. The maximum atomic E-state index is 12.3. The van der Waals surface area contributed by atoms with Crippen molar-refractivity contribution in [3.05, 3.63) is 39.1 Å². The van der Waals surface area contributed by atoms with Gasteiger partial charge in [-0.2, -0.15) is 0 Å². The molecule has 20 heavy (non-hydrogen) atoms. The van der Waals surface area contributed by atoms with Gasteiger partial charge in [0.2, 0.25) is 0 Å². The number of hydrogen-bond donors (Lipinski definition) is 1. The highest BCUT2D eigenvalue weighted by Crippen LogP contribution is 2.50. The first kappa shape index (κ1) is 17.7. The van der Waals surface area contributed by atoms with Crippen molar-refractivity contribution in [1.82, 2.24) is 0 Å². The Balaban J connectivity index is 3.10. The Morgan fingerprint density at radius 3 is 2.25 bits per heavy atom. The van der Waals surface area contributed by atoms with Crippen LogP contribution in [0.5, 0.6) is 0 Å². The van der Waals surface area contributed by atoms with Gasteiger partial charge in [-0.25, -0.2) is 0 Å². The molecule has 0 atom stereocenters. The van der Waals surface area contributed by atoms with E-state index in [2.05, 4.69) is 0 Å². The summed E-state index contributed by atoms with van der Waals surface area (Å²) >= 11 is 11.8. The fourth-order valence-corrected chi connectivity index (χ4v) is 3.22. The van der Waals surface area contributed by atoms with E-state index >= 15 is 0 Å². The van der Waals surface area contributed by atoms with Crippen LogP contribution < -0.4 is 0 Å². The molecule has 0 spiro atoms. The van der Waals surface area contributed by atoms with Crippen molar-refractivity contribution >= 4 is 36.9 Å². The van der Waals surface area contributed by atoms with E-state index in [4.69, 9.17) is 32.2 Å². The first-order chi connectivity index (χ1) is 9.45. The average molecular weight is 339 g/mol. The summed E-state index contributed by atoms with van der Waals surface area (Å²) in [6.07, 6.45) is 1.56. The summed E-state index contributed by atoms with van der Waals surface area (Å²) in [5.41, 5.74) is 1.19. The number of hydrogen-bond acceptors (Lipinski definition) is 4. The van der Waals surface area contributed by atoms with Crippen LogP contribution >= 0.6 is 30.8 Å². The standard InChI is InChI=1S/C13H17Cl2O4P/c1-3-18-20(17,19-4-2)6-5-10-7-12(14)13(15)8-11(10)9-16/h5-8,16H,3-4,9H2,1-2H3. The first-order valence-corrected chi connectivity index (χ1v) is 8.49. The van der Waals surface area contributed by atoms with Crippen molar-refractivity contribution < 1.29 is 18.7 Å². The van der Waals surface area contributed by atoms with Gasteiger partial charge < -0.3 is 14.2 Å². The van der Waals surface area contributed by atoms with Crippen LogP contribution in [0.4, 0.5) is 0 Å². The van der Waals surface area contributed by atoms with Crippen molar-refractivity contribution in [3.63, 3.8) is 0 Å². The van der Waals surface area contributed by atoms with Crippen molar-refractivity contribution in [1.29, 1.82) is 0 Å². The zero-order chi connectivity index (χ0) is 15.2. The van der Waals surface area contributed by atoms with Crippen LogP contribution in [0.1, 0.15) is 25.0 Å². The van der Waals surface area contributed by atoms with Crippen LogP contribution in [-0.4, -0.2) is 18.3 Å². The number of benzene rings is 1. The molecule has 1 N–H and O–H groups in total. The van der Waals surface area contributed by atoms with Gasteiger partial charge >= 0.3 is 7.60 Å². The fourth-order valence-electron chi connectivity index (χ4n) is 1.55. The normalized spacial score (nSPS) is 12.2. The van der Waals surface area contributed by atoms with Crippen LogP contribution in [-0.2, 0) is 20.2 Å². The van der Waals surface area contributed by atoms with E-state index in [9.17, 15) is 9.67 Å². The number of halogens is 2. The van der Waals surface area contributed by atoms with Gasteiger partial charge in [0.05, 0.1) is 29.9 Å². The molecular weight excluding hydrogens is 322 g/mol. The van der Waals surface area contributed by atoms with E-state index < -0.39 is 7.60 Å². The summed E-state index contributed by atoms with van der Waals surface area (Å²) in [6, 6.07) is 3.16. The second-order valence-electron chi connectivity index (χ2n) is 3.81. The van der Waals surface area contributed by atoms with Gasteiger partial charge in [0.1, 0.15) is 0 Å². The maximum Gasteiger partial charge on any atom is 0.354 e. The molecular formula is C13H17Cl2O4P. The third-order valence-corrected chi connectivity index (χ3v) is 4.88. The van der Waals surface area contributed by atoms with E-state index in [1.54, 1.807) is 32.1 Å². The van der Waals surface area contributed by atoms with Gasteiger partial charge in [0.15, 0.2) is 0 Å². The average Bonchev–Trinajstić information content (AvgIpc) is 2.40. The van der Waals surface area contributed by atoms with E-state index in [1.807, 2.05) is 0 Å². The molecule has 0 amide bonds. The highest BCUT2D eigenvalue weighted by molar-refractivity contribution is 7.57. The van der Waals surface area contributed by atoms with Crippen molar-refractivity contribution in [3.8, 4) is 0 Å². The third-order valence-electron chi connectivity index (χ3n) is 2.41. The quantitative estimate of drug-likeness (QED) is 0.730. The SMILES string of the molecule is CCOP(=O)(C=Cc1cc(Cl)c(Cl)cc1CO)OCC. The molecule has 0 saturated carbocycles. The van der Waals surface area contributed by atoms with Gasteiger partial charge in [-0.15, -0.1) is 0 Å². The van der Waals surface area contributed by atoms with Crippen molar-refractivity contribution in [2.75, 3.05) is 13.2 Å². The molecule has 0 fully saturated rings. The Kier molecular flexibility index (Phi) is 7.24. The monoisotopic (exact) mass is 338 g/mol. The third kappa shape index (κ3) is 4.88. The predicted molar refractivity (Wildman–Crippen MR) is 82.3 cm³/mol. The molecule has 112 valence electrons. The van der Waals surface area contributed by atoms with Gasteiger partial charge in [-0.1, -0.05) is 23.2 Å². The summed E-state index contributed by atoms with van der Waals surface area (Å²) in [5.74, 6) is 1.36. The summed E-state index contributed by atoms with van der Waals surface area (Å²) in [4.78, 5) is 0. The molecule has 0 aromatic heterocycles. The fraction of sp³-hybridized carbons (Fsp3) is 0.385. The molecule has 0 radical (unpaired) electrons. The molecule has 0 saturated heterocycles. The molecule has 0 aliphatic heterocycles. The molecule has 0 bridgehead atoms. The van der Waals surface area contributed by atoms with Crippen LogP contribution in [0, 0.1) is 0 Å². The van der Waals surface area contributed by atoms with Crippen LogP contribution in [0.15, 0.2) is 17.9 Å². The molecule has 0 aliphatic carbocycles. The molecule has 7 heteroatoms. The largest absolute Gasteiger partial charge is 0.392 e. The van der Waals surface area contributed by atoms with E-state index in [-0.39, 0.29) is 19.8 Å². The van der Waals surface area contributed by atoms with Crippen LogP contribution in [0.25, 0.3) is 6.08 Å². The van der Waals surface area contributed by atoms with Gasteiger partial charge in [0, 0.05) is 5.82 Å². The van der Waals surface area contributed by atoms with Crippen molar-refractivity contribution in [2.45, 2.75) is 20.5 Å². The lowest BCUT2D eigenvalue weighted by molar-refractivity contribution is 0.229. The minimum atomic E-state index is -3.28. The Bertz CT molecular complexity index is 521. The van der Waals surface area contributed by atoms with E-state index in [0.717, 1.165) is 0 Å². The summed E-state index contributed by atoms with van der Waals surface area (Å²) in [7, 11) is -3.28. The number of aliphatic hydroxyl groups excluding tert-OH is 1. The zero-order valence-corrected chi connectivity index (χ0v) is 13.7. The van der Waals surface area contributed by atoms with Gasteiger partial charge in [-0.05, 0) is 43.2 Å². The maximum absolute atomic E-state index is 12.3. The molecule has 1 aromatic carbocycles. The molecule has 0 unspecified atom stereocenters. The topological polar surface area (TPSA) is 55.8 Å². The highest BCUT2D eigenvalue weighted by atomic mass is 35.5.